The van der Waals surface area contributed by atoms with Gasteiger partial charge in [0, 0.05) is 0 Å². The van der Waals surface area contributed by atoms with Gasteiger partial charge >= 0.3 is 0 Å². The fourth-order valence-electron chi connectivity index (χ4n) is 11.2. The first-order chi connectivity index (χ1) is 27.0. The maximum Gasteiger partial charge on any atom is -0.00146 e. The van der Waals surface area contributed by atoms with Gasteiger partial charge in [-0.05, 0) is 344 Å². The van der Waals surface area contributed by atoms with E-state index in [4.69, 9.17) is 0 Å². The molecule has 0 radical (unpaired) electrons. The SMILES string of the molecule is CCc1c(C)c(C)c(Cc2c(C)c(C)c(Cc3c(C)c(C)c(C)c(C)c3Cc3c(C)c(C)c(Cc4c(C)c(C)c(CC)c(C)c4C)c(C)c3C)c(C)c2C)c(C)c1C. The van der Waals surface area contributed by atoms with Crippen LogP contribution in [0, 0.1) is 138 Å². The Hall–Kier alpha value is -3.90. The van der Waals surface area contributed by atoms with E-state index in [2.05, 4.69) is 152 Å². The highest BCUT2D eigenvalue weighted by molar-refractivity contribution is 5.61. The Morgan fingerprint density at radius 3 is 0.431 bits per heavy atom. The van der Waals surface area contributed by atoms with Crippen molar-refractivity contribution in [3.05, 3.63) is 167 Å². The Bertz CT molecular complexity index is 2200. The van der Waals surface area contributed by atoms with Crippen LogP contribution < -0.4 is 0 Å². The van der Waals surface area contributed by atoms with Gasteiger partial charge in [-0.1, -0.05) is 13.8 Å². The fourth-order valence-corrected chi connectivity index (χ4v) is 11.2. The smallest absolute Gasteiger partial charge is 0.00146 e. The van der Waals surface area contributed by atoms with Crippen LogP contribution >= 0.6 is 0 Å². The molecule has 0 aliphatic carbocycles. The summed E-state index contributed by atoms with van der Waals surface area (Å²) < 4.78 is 0. The second-order valence-corrected chi connectivity index (χ2v) is 18.7. The predicted octanol–water partition coefficient (Wildman–Crippen LogP) is 15.3. The van der Waals surface area contributed by atoms with E-state index in [0.717, 1.165) is 38.5 Å². The summed E-state index contributed by atoms with van der Waals surface area (Å²) in [4.78, 5) is 0. The van der Waals surface area contributed by atoms with Crippen LogP contribution in [-0.2, 0) is 38.5 Å². The van der Waals surface area contributed by atoms with E-state index in [9.17, 15) is 0 Å². The van der Waals surface area contributed by atoms with Gasteiger partial charge in [0.15, 0.2) is 0 Å². The minimum atomic E-state index is 0.976. The standard InChI is InChI=1S/C58H78/c1-23-49-33(7)37(11)51(38(12)34(49)8)25-53-41(15)45(19)55(46(20)42(53)16)27-57-31(5)29(3)30(4)32(6)58(57)28-56-47(21)43(17)54(44(18)48(56)22)26-52-39(13)35(9)50(24-2)36(10)40(52)14/h23-28H2,1-22H3. The van der Waals surface area contributed by atoms with Gasteiger partial charge in [-0.25, -0.2) is 0 Å². The molecule has 0 heterocycles. The first kappa shape index (κ1) is 45.2. The van der Waals surface area contributed by atoms with Crippen molar-refractivity contribution in [1.29, 1.82) is 0 Å². The number of rotatable bonds is 10. The van der Waals surface area contributed by atoms with Crippen LogP contribution in [0.4, 0.5) is 0 Å². The first-order valence-electron chi connectivity index (χ1n) is 22.4. The van der Waals surface area contributed by atoms with Gasteiger partial charge in [-0.15, -0.1) is 0 Å². The van der Waals surface area contributed by atoms with Crippen molar-refractivity contribution in [2.24, 2.45) is 0 Å². The third kappa shape index (κ3) is 7.34. The lowest BCUT2D eigenvalue weighted by atomic mass is 9.77. The van der Waals surface area contributed by atoms with Crippen LogP contribution in [0.3, 0.4) is 0 Å². The molecule has 310 valence electrons. The Kier molecular flexibility index (Phi) is 13.2. The molecule has 58 heavy (non-hydrogen) atoms. The molecule has 5 rings (SSSR count). The van der Waals surface area contributed by atoms with Gasteiger partial charge in [0.25, 0.3) is 0 Å². The topological polar surface area (TPSA) is 0 Å². The molecule has 0 saturated carbocycles. The Labute approximate surface area is 356 Å². The van der Waals surface area contributed by atoms with Gasteiger partial charge in [0.05, 0.1) is 0 Å². The number of hydrogen-bond acceptors (Lipinski definition) is 0. The van der Waals surface area contributed by atoms with Gasteiger partial charge < -0.3 is 0 Å². The van der Waals surface area contributed by atoms with Crippen LogP contribution in [0.25, 0.3) is 0 Å². The van der Waals surface area contributed by atoms with Gasteiger partial charge in [-0.2, -0.15) is 0 Å². The van der Waals surface area contributed by atoms with Crippen molar-refractivity contribution >= 4 is 0 Å². The van der Waals surface area contributed by atoms with Gasteiger partial charge in [-0.3, -0.25) is 0 Å². The highest BCUT2D eigenvalue weighted by Gasteiger charge is 2.25. The average molecular weight is 775 g/mol. The minimum absolute atomic E-state index is 0.976. The minimum Gasteiger partial charge on any atom is -0.0613 e. The van der Waals surface area contributed by atoms with Crippen molar-refractivity contribution in [1.82, 2.24) is 0 Å². The molecule has 0 heteroatoms. The summed E-state index contributed by atoms with van der Waals surface area (Å²) in [7, 11) is 0. The Morgan fingerprint density at radius 1 is 0.155 bits per heavy atom. The largest absolute Gasteiger partial charge is 0.0613 e. The molecule has 0 saturated heterocycles. The van der Waals surface area contributed by atoms with Crippen LogP contribution in [0.1, 0.15) is 181 Å². The van der Waals surface area contributed by atoms with E-state index in [-0.39, 0.29) is 0 Å². The molecule has 0 nitrogen and oxygen atoms in total. The molecule has 0 unspecified atom stereocenters. The molecule has 0 N–H and O–H groups in total. The third-order valence-electron chi connectivity index (χ3n) is 16.8. The molecule has 0 bridgehead atoms. The van der Waals surface area contributed by atoms with E-state index >= 15 is 0 Å². The lowest BCUT2D eigenvalue weighted by Gasteiger charge is -2.28. The Morgan fingerprint density at radius 2 is 0.276 bits per heavy atom. The zero-order chi connectivity index (χ0) is 43.6. The Balaban J connectivity index is 1.63. The van der Waals surface area contributed by atoms with E-state index in [0.29, 0.717) is 0 Å². The molecule has 0 spiro atoms. The molecule has 0 atom stereocenters. The highest BCUT2D eigenvalue weighted by Crippen LogP contribution is 2.39. The first-order valence-corrected chi connectivity index (χ1v) is 22.4. The van der Waals surface area contributed by atoms with Gasteiger partial charge in [0.2, 0.25) is 0 Å². The van der Waals surface area contributed by atoms with Crippen LogP contribution in [0.15, 0.2) is 0 Å². The zero-order valence-corrected chi connectivity index (χ0v) is 41.2. The van der Waals surface area contributed by atoms with Crippen molar-refractivity contribution < 1.29 is 0 Å². The monoisotopic (exact) mass is 775 g/mol. The van der Waals surface area contributed by atoms with E-state index in [1.807, 2.05) is 0 Å². The predicted molar refractivity (Wildman–Crippen MR) is 257 cm³/mol. The normalized spacial score (nSPS) is 11.7. The summed E-state index contributed by atoms with van der Waals surface area (Å²) in [5.41, 5.74) is 44.8. The molecule has 0 amide bonds. The van der Waals surface area contributed by atoms with Crippen LogP contribution in [0.2, 0.25) is 0 Å². The lowest BCUT2D eigenvalue weighted by Crippen LogP contribution is -2.14. The molecule has 5 aromatic carbocycles. The summed E-state index contributed by atoms with van der Waals surface area (Å²) in [6.07, 6.45) is 6.16. The van der Waals surface area contributed by atoms with E-state index in [1.165, 1.54) is 167 Å². The number of hydrogen-bond donors (Lipinski definition) is 0. The summed E-state index contributed by atoms with van der Waals surface area (Å²) in [5, 5.41) is 0. The molecule has 5 aromatic rings. The van der Waals surface area contributed by atoms with E-state index < -0.39 is 0 Å². The molecule has 0 aliphatic heterocycles. The van der Waals surface area contributed by atoms with Gasteiger partial charge in [0.1, 0.15) is 0 Å². The third-order valence-corrected chi connectivity index (χ3v) is 16.8. The maximum absolute atomic E-state index is 2.40. The fraction of sp³-hybridized carbons (Fsp3) is 0.483. The van der Waals surface area contributed by atoms with Crippen molar-refractivity contribution in [3.8, 4) is 0 Å². The molecular weight excluding hydrogens is 697 g/mol. The highest BCUT2D eigenvalue weighted by atomic mass is 14.3. The summed E-state index contributed by atoms with van der Waals surface area (Å²) in [6.45, 7) is 52.1. The molecule has 0 aromatic heterocycles. The second kappa shape index (κ2) is 17.0. The molecule has 0 aliphatic rings. The second-order valence-electron chi connectivity index (χ2n) is 18.7. The average Bonchev–Trinajstić information content (AvgIpc) is 3.19. The van der Waals surface area contributed by atoms with Crippen LogP contribution in [-0.4, -0.2) is 0 Å². The summed E-state index contributed by atoms with van der Waals surface area (Å²) >= 11 is 0. The quantitative estimate of drug-likeness (QED) is 0.133. The van der Waals surface area contributed by atoms with E-state index in [1.54, 1.807) is 0 Å². The summed E-state index contributed by atoms with van der Waals surface area (Å²) in [6, 6.07) is 0. The maximum atomic E-state index is 2.40. The zero-order valence-electron chi connectivity index (χ0n) is 41.2. The van der Waals surface area contributed by atoms with Crippen molar-refractivity contribution in [2.45, 2.75) is 191 Å². The van der Waals surface area contributed by atoms with Crippen molar-refractivity contribution in [2.75, 3.05) is 0 Å². The summed E-state index contributed by atoms with van der Waals surface area (Å²) in [5.74, 6) is 0. The molecular formula is C58H78. The molecule has 0 fully saturated rings. The number of benzene rings is 5. The van der Waals surface area contributed by atoms with Crippen molar-refractivity contribution in [3.63, 3.8) is 0 Å². The van der Waals surface area contributed by atoms with Crippen LogP contribution in [0.5, 0.6) is 0 Å². The lowest BCUT2D eigenvalue weighted by molar-refractivity contribution is 0.956.